The van der Waals surface area contributed by atoms with E-state index in [-0.39, 0.29) is 24.1 Å². The molecule has 3 aromatic rings. The van der Waals surface area contributed by atoms with Crippen LogP contribution in [0.4, 0.5) is 0 Å². The lowest BCUT2D eigenvalue weighted by molar-refractivity contribution is -0.122. The van der Waals surface area contributed by atoms with Crippen molar-refractivity contribution in [1.82, 2.24) is 15.1 Å². The molecule has 1 heterocycles. The summed E-state index contributed by atoms with van der Waals surface area (Å²) in [6.07, 6.45) is 0.833. The van der Waals surface area contributed by atoms with Crippen molar-refractivity contribution in [3.63, 3.8) is 0 Å². The Balaban J connectivity index is 2.16. The van der Waals surface area contributed by atoms with Crippen LogP contribution in [0.15, 0.2) is 47.3 Å². The van der Waals surface area contributed by atoms with Gasteiger partial charge in [-0.2, -0.15) is 5.10 Å². The molecule has 5 heteroatoms. The first kappa shape index (κ1) is 18.8. The van der Waals surface area contributed by atoms with Crippen LogP contribution >= 0.6 is 0 Å². The first-order chi connectivity index (χ1) is 12.9. The smallest absolute Gasteiger partial charge is 0.275 e. The van der Waals surface area contributed by atoms with E-state index in [9.17, 15) is 9.59 Å². The summed E-state index contributed by atoms with van der Waals surface area (Å²) in [6, 6.07) is 13.7. The number of nitrogens with zero attached hydrogens (tertiary/aromatic N) is 2. The predicted molar refractivity (Wildman–Crippen MR) is 109 cm³/mol. The van der Waals surface area contributed by atoms with Gasteiger partial charge in [-0.1, -0.05) is 42.8 Å². The first-order valence-electron chi connectivity index (χ1n) is 9.27. The Morgan fingerprint density at radius 2 is 1.85 bits per heavy atom. The van der Waals surface area contributed by atoms with Gasteiger partial charge in [0.15, 0.2) is 0 Å². The lowest BCUT2D eigenvalue weighted by Gasteiger charge is -2.15. The van der Waals surface area contributed by atoms with Crippen LogP contribution in [-0.4, -0.2) is 21.7 Å². The molecule has 3 rings (SSSR count). The molecule has 5 nitrogen and oxygen atoms in total. The number of hydrogen-bond donors (Lipinski definition) is 1. The number of benzene rings is 2. The fraction of sp³-hybridized carbons (Fsp3) is 0.318. The van der Waals surface area contributed by atoms with Crippen LogP contribution in [0.1, 0.15) is 31.4 Å². The van der Waals surface area contributed by atoms with Crippen LogP contribution in [0, 0.1) is 13.8 Å². The average Bonchev–Trinajstić information content (AvgIpc) is 2.66. The van der Waals surface area contributed by atoms with Gasteiger partial charge < -0.3 is 5.32 Å². The molecule has 0 unspecified atom stereocenters. The monoisotopic (exact) mass is 363 g/mol. The van der Waals surface area contributed by atoms with Gasteiger partial charge in [0, 0.05) is 17.0 Å². The number of aromatic nitrogens is 2. The highest BCUT2D eigenvalue weighted by Gasteiger charge is 2.16. The predicted octanol–water partition coefficient (Wildman–Crippen LogP) is 3.60. The highest BCUT2D eigenvalue weighted by atomic mass is 16.2. The van der Waals surface area contributed by atoms with Crippen molar-refractivity contribution < 1.29 is 4.79 Å². The summed E-state index contributed by atoms with van der Waals surface area (Å²) in [7, 11) is 0. The van der Waals surface area contributed by atoms with Crippen molar-refractivity contribution in [1.29, 1.82) is 0 Å². The Labute approximate surface area is 159 Å². The van der Waals surface area contributed by atoms with Gasteiger partial charge in [-0.25, -0.2) is 4.68 Å². The average molecular weight is 363 g/mol. The summed E-state index contributed by atoms with van der Waals surface area (Å²) < 4.78 is 1.27. The van der Waals surface area contributed by atoms with E-state index in [0.717, 1.165) is 34.2 Å². The van der Waals surface area contributed by atoms with Crippen LogP contribution < -0.4 is 10.9 Å². The van der Waals surface area contributed by atoms with Gasteiger partial charge in [-0.3, -0.25) is 9.59 Å². The number of rotatable bonds is 5. The van der Waals surface area contributed by atoms with E-state index >= 15 is 0 Å². The SMILES string of the molecule is CC[C@H](C)NC(=O)Cn1nc(-c2cc(C)ccc2C)c2ccccc2c1=O. The van der Waals surface area contributed by atoms with Crippen LogP contribution in [0.2, 0.25) is 0 Å². The minimum absolute atomic E-state index is 0.0622. The maximum atomic E-state index is 12.9. The summed E-state index contributed by atoms with van der Waals surface area (Å²) in [5.74, 6) is -0.207. The van der Waals surface area contributed by atoms with E-state index in [1.807, 2.05) is 52.0 Å². The Morgan fingerprint density at radius 3 is 2.56 bits per heavy atom. The fourth-order valence-corrected chi connectivity index (χ4v) is 3.09. The highest BCUT2D eigenvalue weighted by Crippen LogP contribution is 2.28. The maximum absolute atomic E-state index is 12.9. The van der Waals surface area contributed by atoms with Crippen molar-refractivity contribution in [3.8, 4) is 11.3 Å². The zero-order chi connectivity index (χ0) is 19.6. The molecule has 0 aliphatic rings. The number of aryl methyl sites for hydroxylation is 2. The van der Waals surface area contributed by atoms with Crippen LogP contribution in [0.5, 0.6) is 0 Å². The van der Waals surface area contributed by atoms with Gasteiger partial charge in [0.1, 0.15) is 6.54 Å². The van der Waals surface area contributed by atoms with Crippen molar-refractivity contribution >= 4 is 16.7 Å². The van der Waals surface area contributed by atoms with Crippen LogP contribution in [0.25, 0.3) is 22.0 Å². The third kappa shape index (κ3) is 3.92. The molecule has 27 heavy (non-hydrogen) atoms. The lowest BCUT2D eigenvalue weighted by atomic mass is 9.99. The van der Waals surface area contributed by atoms with E-state index in [1.54, 1.807) is 6.07 Å². The van der Waals surface area contributed by atoms with E-state index in [1.165, 1.54) is 4.68 Å². The largest absolute Gasteiger partial charge is 0.352 e. The molecule has 0 aliphatic heterocycles. The van der Waals surface area contributed by atoms with Gasteiger partial charge in [0.05, 0.1) is 11.1 Å². The van der Waals surface area contributed by atoms with Crippen molar-refractivity contribution in [2.45, 2.75) is 46.7 Å². The number of carbonyl (C=O) groups is 1. The minimum Gasteiger partial charge on any atom is -0.352 e. The molecular weight excluding hydrogens is 338 g/mol. The van der Waals surface area contributed by atoms with Crippen molar-refractivity contribution in [2.75, 3.05) is 0 Å². The quantitative estimate of drug-likeness (QED) is 0.753. The molecule has 1 N–H and O–H groups in total. The summed E-state index contributed by atoms with van der Waals surface area (Å²) in [4.78, 5) is 25.2. The van der Waals surface area contributed by atoms with E-state index < -0.39 is 0 Å². The maximum Gasteiger partial charge on any atom is 0.275 e. The summed E-state index contributed by atoms with van der Waals surface area (Å²) in [6.45, 7) is 7.91. The zero-order valence-corrected chi connectivity index (χ0v) is 16.2. The molecule has 0 fully saturated rings. The van der Waals surface area contributed by atoms with Crippen molar-refractivity contribution in [2.24, 2.45) is 0 Å². The number of amides is 1. The minimum atomic E-state index is -0.251. The molecule has 0 spiro atoms. The first-order valence-corrected chi connectivity index (χ1v) is 9.27. The van der Waals surface area contributed by atoms with Gasteiger partial charge in [0.25, 0.3) is 5.56 Å². The Bertz CT molecular complexity index is 1050. The molecule has 140 valence electrons. The fourth-order valence-electron chi connectivity index (χ4n) is 3.09. The standard InChI is InChI=1S/C22H25N3O2/c1-5-16(4)23-20(26)13-25-22(27)18-9-7-6-8-17(18)21(24-25)19-12-14(2)10-11-15(19)3/h6-12,16H,5,13H2,1-4H3,(H,23,26)/t16-/m0/s1. The molecule has 0 bridgehead atoms. The van der Waals surface area contributed by atoms with Gasteiger partial charge in [0.2, 0.25) is 5.91 Å². The number of carbonyl (C=O) groups excluding carboxylic acids is 1. The van der Waals surface area contributed by atoms with Crippen LogP contribution in [-0.2, 0) is 11.3 Å². The summed E-state index contributed by atoms with van der Waals surface area (Å²) in [5, 5.41) is 8.85. The van der Waals surface area contributed by atoms with Gasteiger partial charge in [-0.05, 0) is 44.9 Å². The van der Waals surface area contributed by atoms with E-state index in [4.69, 9.17) is 0 Å². The Morgan fingerprint density at radius 1 is 1.15 bits per heavy atom. The number of hydrogen-bond acceptors (Lipinski definition) is 3. The Hall–Kier alpha value is -2.95. The second-order valence-electron chi connectivity index (χ2n) is 7.05. The zero-order valence-electron chi connectivity index (χ0n) is 16.2. The van der Waals surface area contributed by atoms with Crippen LogP contribution in [0.3, 0.4) is 0 Å². The summed E-state index contributed by atoms with van der Waals surface area (Å²) in [5.41, 5.74) is 3.64. The molecule has 1 aromatic heterocycles. The number of nitrogens with one attached hydrogen (secondary N) is 1. The van der Waals surface area contributed by atoms with Gasteiger partial charge >= 0.3 is 0 Å². The second kappa shape index (κ2) is 7.74. The molecule has 0 saturated heterocycles. The van der Waals surface area contributed by atoms with E-state index in [0.29, 0.717) is 5.39 Å². The molecule has 0 saturated carbocycles. The molecule has 0 aliphatic carbocycles. The summed E-state index contributed by atoms with van der Waals surface area (Å²) >= 11 is 0. The molecule has 2 aromatic carbocycles. The molecular formula is C22H25N3O2. The molecule has 1 atom stereocenters. The second-order valence-corrected chi connectivity index (χ2v) is 7.05. The lowest BCUT2D eigenvalue weighted by Crippen LogP contribution is -2.38. The molecule has 0 radical (unpaired) electrons. The normalized spacial score (nSPS) is 12.1. The molecule has 1 amide bonds. The third-order valence-electron chi connectivity index (χ3n) is 4.83. The highest BCUT2D eigenvalue weighted by molar-refractivity contribution is 5.94. The Kier molecular flexibility index (Phi) is 5.40. The van der Waals surface area contributed by atoms with Crippen molar-refractivity contribution in [3.05, 3.63) is 63.9 Å². The number of fused-ring (bicyclic) bond motifs is 1. The third-order valence-corrected chi connectivity index (χ3v) is 4.83. The van der Waals surface area contributed by atoms with Gasteiger partial charge in [-0.15, -0.1) is 0 Å². The van der Waals surface area contributed by atoms with E-state index in [2.05, 4.69) is 22.5 Å². The topological polar surface area (TPSA) is 64.0 Å².